The lowest BCUT2D eigenvalue weighted by atomic mass is 9.77. The van der Waals surface area contributed by atoms with Crippen LogP contribution < -0.4 is 5.32 Å². The number of phenols is 1. The van der Waals surface area contributed by atoms with Gasteiger partial charge < -0.3 is 19.7 Å². The monoisotopic (exact) mass is 359 g/mol. The van der Waals surface area contributed by atoms with Gasteiger partial charge in [-0.1, -0.05) is 12.1 Å². The minimum absolute atomic E-state index is 0.0614. The summed E-state index contributed by atoms with van der Waals surface area (Å²) >= 11 is 0. The van der Waals surface area contributed by atoms with Crippen LogP contribution in [0.15, 0.2) is 23.7 Å². The molecule has 1 saturated heterocycles. The van der Waals surface area contributed by atoms with Gasteiger partial charge in [-0.25, -0.2) is 0 Å². The van der Waals surface area contributed by atoms with Crippen molar-refractivity contribution in [2.45, 2.75) is 52.7 Å². The van der Waals surface area contributed by atoms with E-state index < -0.39 is 18.3 Å². The average molecular weight is 359 g/mol. The van der Waals surface area contributed by atoms with Crippen LogP contribution >= 0.6 is 0 Å². The van der Waals surface area contributed by atoms with Gasteiger partial charge in [-0.15, -0.1) is 0 Å². The van der Waals surface area contributed by atoms with Crippen molar-refractivity contribution in [2.24, 2.45) is 0 Å². The van der Waals surface area contributed by atoms with Crippen molar-refractivity contribution in [2.75, 3.05) is 6.54 Å². The van der Waals surface area contributed by atoms with Crippen LogP contribution in [0.25, 0.3) is 6.08 Å². The molecule has 2 rings (SSSR count). The van der Waals surface area contributed by atoms with Gasteiger partial charge in [0.15, 0.2) is 5.78 Å². The molecule has 0 saturated carbocycles. The highest BCUT2D eigenvalue weighted by molar-refractivity contribution is 6.56. The number of Topliss-reactive ketones (excluding diaryl/α,β-unsaturated/α-hetero) is 1. The lowest BCUT2D eigenvalue weighted by molar-refractivity contribution is -0.118. The molecule has 1 aromatic carbocycles. The van der Waals surface area contributed by atoms with Gasteiger partial charge in [0.2, 0.25) is 5.91 Å². The second-order valence-electron chi connectivity index (χ2n) is 7.55. The molecular weight excluding hydrogens is 333 g/mol. The summed E-state index contributed by atoms with van der Waals surface area (Å²) in [7, 11) is -0.624. The summed E-state index contributed by atoms with van der Waals surface area (Å²) in [5.41, 5.74) is 0.660. The van der Waals surface area contributed by atoms with Gasteiger partial charge in [-0.2, -0.15) is 0 Å². The van der Waals surface area contributed by atoms with Crippen LogP contribution in [0.3, 0.4) is 0 Å². The Hall–Kier alpha value is -2.12. The maximum atomic E-state index is 11.7. The van der Waals surface area contributed by atoms with E-state index in [4.69, 9.17) is 9.31 Å². The Kier molecular flexibility index (Phi) is 5.63. The van der Waals surface area contributed by atoms with Crippen LogP contribution in [-0.2, 0) is 14.1 Å². The maximum absolute atomic E-state index is 11.7. The van der Waals surface area contributed by atoms with Gasteiger partial charge in [0.1, 0.15) is 5.75 Å². The number of carbonyl (C=O) groups is 2. The fourth-order valence-electron chi connectivity index (χ4n) is 2.56. The van der Waals surface area contributed by atoms with Crippen LogP contribution in [-0.4, -0.2) is 41.7 Å². The van der Waals surface area contributed by atoms with Crippen LogP contribution in [0.2, 0.25) is 0 Å². The molecule has 1 aliphatic rings. The zero-order chi connectivity index (χ0) is 19.7. The predicted molar refractivity (Wildman–Crippen MR) is 101 cm³/mol. The second kappa shape index (κ2) is 7.25. The first kappa shape index (κ1) is 20.2. The summed E-state index contributed by atoms with van der Waals surface area (Å²) in [4.78, 5) is 23.0. The molecule has 1 aliphatic heterocycles. The number of carbonyl (C=O) groups excluding carboxylic acids is 2. The van der Waals surface area contributed by atoms with E-state index in [0.717, 1.165) is 5.47 Å². The largest absolute Gasteiger partial charge is 0.507 e. The third-order valence-corrected chi connectivity index (χ3v) is 4.85. The fourth-order valence-corrected chi connectivity index (χ4v) is 2.56. The maximum Gasteiger partial charge on any atom is 0.492 e. The van der Waals surface area contributed by atoms with Gasteiger partial charge in [-0.05, 0) is 57.8 Å². The zero-order valence-electron chi connectivity index (χ0n) is 16.2. The Morgan fingerprint density at radius 3 is 2.23 bits per heavy atom. The molecule has 0 spiro atoms. The van der Waals surface area contributed by atoms with Crippen molar-refractivity contribution in [1.82, 2.24) is 5.32 Å². The quantitative estimate of drug-likeness (QED) is 0.624. The number of amides is 1. The summed E-state index contributed by atoms with van der Waals surface area (Å²) in [5, 5.41) is 12.6. The van der Waals surface area contributed by atoms with Gasteiger partial charge in [0.25, 0.3) is 0 Å². The minimum atomic E-state index is -0.624. The van der Waals surface area contributed by atoms with E-state index in [2.05, 4.69) is 5.32 Å². The van der Waals surface area contributed by atoms with Crippen LogP contribution in [0.1, 0.15) is 57.5 Å². The van der Waals surface area contributed by atoms with E-state index >= 15 is 0 Å². The standard InChI is InChI=1S/C19H26BNO5/c1-12(22)16-10-14(7-8-17(16)24)9-15(11-21-13(2)23)20-25-18(3,4)19(5,6)26-20/h7-10,24H,11H2,1-6H3,(H,21,23). The number of aromatic hydroxyl groups is 1. The van der Waals surface area contributed by atoms with E-state index in [-0.39, 0.29) is 29.5 Å². The van der Waals surface area contributed by atoms with E-state index in [0.29, 0.717) is 5.56 Å². The molecule has 140 valence electrons. The van der Waals surface area contributed by atoms with Crippen molar-refractivity contribution in [3.63, 3.8) is 0 Å². The molecule has 0 unspecified atom stereocenters. The molecule has 1 amide bonds. The molecule has 0 radical (unpaired) electrons. The number of phenolic OH excluding ortho intramolecular Hbond substituents is 1. The number of nitrogens with one attached hydrogen (secondary N) is 1. The summed E-state index contributed by atoms with van der Waals surface area (Å²) in [6.07, 6.45) is 1.81. The van der Waals surface area contributed by atoms with Crippen molar-refractivity contribution >= 4 is 24.9 Å². The number of hydrogen-bond donors (Lipinski definition) is 2. The number of rotatable bonds is 5. The molecular formula is C19H26BNO5. The Bertz CT molecular complexity index is 738. The Morgan fingerprint density at radius 2 is 1.73 bits per heavy atom. The third-order valence-electron chi connectivity index (χ3n) is 4.85. The molecule has 1 fully saturated rings. The molecule has 1 aromatic rings. The van der Waals surface area contributed by atoms with E-state index in [1.165, 1.54) is 19.9 Å². The number of ketones is 1. The first-order valence-corrected chi connectivity index (χ1v) is 8.57. The SMILES string of the molecule is CC(=O)NCC(=Cc1ccc(O)c(C(C)=O)c1)B1OC(C)(C)C(C)(C)O1. The smallest absolute Gasteiger partial charge is 0.492 e. The first-order chi connectivity index (χ1) is 11.9. The van der Waals surface area contributed by atoms with Gasteiger partial charge in [-0.3, -0.25) is 9.59 Å². The average Bonchev–Trinajstić information content (AvgIpc) is 2.72. The second-order valence-corrected chi connectivity index (χ2v) is 7.55. The molecule has 0 bridgehead atoms. The summed E-state index contributed by atoms with van der Waals surface area (Å²) in [6.45, 7) is 10.9. The molecule has 7 heteroatoms. The van der Waals surface area contributed by atoms with Crippen LogP contribution in [0.5, 0.6) is 5.75 Å². The fraction of sp³-hybridized carbons (Fsp3) is 0.474. The Balaban J connectivity index is 2.39. The van der Waals surface area contributed by atoms with Crippen molar-refractivity contribution in [1.29, 1.82) is 0 Å². The highest BCUT2D eigenvalue weighted by Crippen LogP contribution is 2.38. The summed E-state index contributed by atoms with van der Waals surface area (Å²) in [5.74, 6) is -0.451. The van der Waals surface area contributed by atoms with E-state index in [9.17, 15) is 14.7 Å². The Morgan fingerprint density at radius 1 is 1.15 bits per heavy atom. The van der Waals surface area contributed by atoms with Gasteiger partial charge in [0, 0.05) is 13.5 Å². The third kappa shape index (κ3) is 4.34. The molecule has 26 heavy (non-hydrogen) atoms. The van der Waals surface area contributed by atoms with Crippen LogP contribution in [0, 0.1) is 0 Å². The molecule has 6 nitrogen and oxygen atoms in total. The van der Waals surface area contributed by atoms with Crippen molar-refractivity contribution in [3.05, 3.63) is 34.8 Å². The van der Waals surface area contributed by atoms with Gasteiger partial charge in [0.05, 0.1) is 16.8 Å². The van der Waals surface area contributed by atoms with E-state index in [1.807, 2.05) is 33.8 Å². The zero-order valence-corrected chi connectivity index (χ0v) is 16.2. The van der Waals surface area contributed by atoms with Crippen molar-refractivity contribution < 1.29 is 24.0 Å². The van der Waals surface area contributed by atoms with Crippen molar-refractivity contribution in [3.8, 4) is 5.75 Å². The minimum Gasteiger partial charge on any atom is -0.507 e. The number of hydrogen-bond acceptors (Lipinski definition) is 5. The highest BCUT2D eigenvalue weighted by atomic mass is 16.7. The summed E-state index contributed by atoms with van der Waals surface area (Å²) < 4.78 is 12.1. The van der Waals surface area contributed by atoms with Crippen LogP contribution in [0.4, 0.5) is 0 Å². The molecule has 2 N–H and O–H groups in total. The highest BCUT2D eigenvalue weighted by Gasteiger charge is 2.52. The molecule has 1 heterocycles. The first-order valence-electron chi connectivity index (χ1n) is 8.57. The van der Waals surface area contributed by atoms with Gasteiger partial charge >= 0.3 is 7.12 Å². The molecule has 0 aromatic heterocycles. The topological polar surface area (TPSA) is 84.9 Å². The lowest BCUT2D eigenvalue weighted by Crippen LogP contribution is -2.41. The Labute approximate surface area is 154 Å². The predicted octanol–water partition coefficient (Wildman–Crippen LogP) is 2.75. The van der Waals surface area contributed by atoms with E-state index in [1.54, 1.807) is 12.1 Å². The molecule has 0 atom stereocenters. The molecule has 0 aliphatic carbocycles. The normalized spacial score (nSPS) is 18.7. The number of benzene rings is 1. The summed E-state index contributed by atoms with van der Waals surface area (Å²) in [6, 6.07) is 4.78. The lowest BCUT2D eigenvalue weighted by Gasteiger charge is -2.32.